The summed E-state index contributed by atoms with van der Waals surface area (Å²) >= 11 is 2.07. The van der Waals surface area contributed by atoms with Crippen LogP contribution in [-0.2, 0) is 6.42 Å². The van der Waals surface area contributed by atoms with Crippen LogP contribution in [0.2, 0.25) is 0 Å². The van der Waals surface area contributed by atoms with Gasteiger partial charge in [0.05, 0.1) is 7.11 Å². The summed E-state index contributed by atoms with van der Waals surface area (Å²) in [5.41, 5.74) is 1.37. The van der Waals surface area contributed by atoms with Crippen LogP contribution in [0.25, 0.3) is 0 Å². The lowest BCUT2D eigenvalue weighted by Crippen LogP contribution is -2.44. The molecule has 1 aliphatic rings. The maximum Gasteiger partial charge on any atom is 0.119 e. The highest BCUT2D eigenvalue weighted by atomic mass is 32.2. The second-order valence-corrected chi connectivity index (χ2v) is 5.16. The van der Waals surface area contributed by atoms with Gasteiger partial charge in [-0.15, -0.1) is 0 Å². The number of hydrogen-bond acceptors (Lipinski definition) is 3. The predicted octanol–water partition coefficient (Wildman–Crippen LogP) is 1.94. The molecule has 0 aromatic heterocycles. The average Bonchev–Trinajstić information content (AvgIpc) is 2.22. The van der Waals surface area contributed by atoms with E-state index in [0.29, 0.717) is 0 Å². The smallest absolute Gasteiger partial charge is 0.119 e. The molecule has 0 bridgehead atoms. The van der Waals surface area contributed by atoms with Crippen molar-refractivity contribution in [3.8, 4) is 5.75 Å². The molecule has 82 valence electrons. The lowest BCUT2D eigenvalue weighted by molar-refractivity contribution is 0.414. The van der Waals surface area contributed by atoms with E-state index < -0.39 is 0 Å². The number of ether oxygens (including phenoxy) is 1. The van der Waals surface area contributed by atoms with Gasteiger partial charge in [0.2, 0.25) is 0 Å². The minimum absolute atomic E-state index is 0.843. The Morgan fingerprint density at radius 3 is 3.00 bits per heavy atom. The monoisotopic (exact) mass is 223 g/mol. The molecule has 1 aromatic rings. The average molecular weight is 223 g/mol. The summed E-state index contributed by atoms with van der Waals surface area (Å²) in [4.78, 5) is 0. The van der Waals surface area contributed by atoms with Crippen LogP contribution in [0.3, 0.4) is 0 Å². The number of aryl methyl sites for hydroxylation is 1. The molecule has 1 fully saturated rings. The first kappa shape index (κ1) is 10.8. The van der Waals surface area contributed by atoms with Crippen molar-refractivity contribution in [2.75, 3.05) is 26.0 Å². The third-order valence-electron chi connectivity index (χ3n) is 2.62. The summed E-state index contributed by atoms with van der Waals surface area (Å²) in [7, 11) is 1.72. The molecule has 2 rings (SSSR count). The molecule has 1 aliphatic heterocycles. The van der Waals surface area contributed by atoms with Crippen molar-refractivity contribution in [2.45, 2.75) is 11.7 Å². The first-order chi connectivity index (χ1) is 7.38. The fraction of sp³-hybridized carbons (Fsp3) is 0.500. The highest BCUT2D eigenvalue weighted by molar-refractivity contribution is 8.00. The van der Waals surface area contributed by atoms with Gasteiger partial charge in [0.1, 0.15) is 5.75 Å². The molecular weight excluding hydrogens is 206 g/mol. The standard InChI is InChI=1S/C12H17NOS/c1-14-11-4-2-3-10(7-11)5-6-15-12-8-13-9-12/h2-4,7,12-13H,5-6,8-9H2,1H3. The quantitative estimate of drug-likeness (QED) is 0.824. The van der Waals surface area contributed by atoms with E-state index in [1.165, 1.54) is 24.4 Å². The topological polar surface area (TPSA) is 21.3 Å². The number of rotatable bonds is 5. The van der Waals surface area contributed by atoms with Crippen molar-refractivity contribution in [3.63, 3.8) is 0 Å². The van der Waals surface area contributed by atoms with Gasteiger partial charge in [-0.1, -0.05) is 12.1 Å². The number of hydrogen-bond donors (Lipinski definition) is 1. The van der Waals surface area contributed by atoms with Crippen LogP contribution in [0.15, 0.2) is 24.3 Å². The van der Waals surface area contributed by atoms with Crippen molar-refractivity contribution in [1.29, 1.82) is 0 Å². The summed E-state index contributed by atoms with van der Waals surface area (Å²) in [6.07, 6.45) is 1.14. The van der Waals surface area contributed by atoms with Crippen molar-refractivity contribution in [2.24, 2.45) is 0 Å². The third kappa shape index (κ3) is 3.14. The highest BCUT2D eigenvalue weighted by Crippen LogP contribution is 2.18. The van der Waals surface area contributed by atoms with Crippen LogP contribution in [0, 0.1) is 0 Å². The first-order valence-electron chi connectivity index (χ1n) is 5.34. The second-order valence-electron chi connectivity index (χ2n) is 3.75. The van der Waals surface area contributed by atoms with Crippen molar-refractivity contribution >= 4 is 11.8 Å². The predicted molar refractivity (Wildman–Crippen MR) is 65.8 cm³/mol. The van der Waals surface area contributed by atoms with Gasteiger partial charge in [0.25, 0.3) is 0 Å². The summed E-state index contributed by atoms with van der Waals surface area (Å²) in [6.45, 7) is 2.37. The molecule has 0 aliphatic carbocycles. The number of nitrogens with one attached hydrogen (secondary N) is 1. The minimum Gasteiger partial charge on any atom is -0.497 e. The van der Waals surface area contributed by atoms with Crippen LogP contribution in [0.1, 0.15) is 5.56 Å². The van der Waals surface area contributed by atoms with Gasteiger partial charge < -0.3 is 10.1 Å². The normalized spacial score (nSPS) is 16.1. The first-order valence-corrected chi connectivity index (χ1v) is 6.38. The van der Waals surface area contributed by atoms with Gasteiger partial charge in [-0.3, -0.25) is 0 Å². The van der Waals surface area contributed by atoms with Crippen LogP contribution >= 0.6 is 11.8 Å². The van der Waals surface area contributed by atoms with E-state index in [9.17, 15) is 0 Å². The van der Waals surface area contributed by atoms with Gasteiger partial charge >= 0.3 is 0 Å². The summed E-state index contributed by atoms with van der Waals surface area (Å²) in [6, 6.07) is 8.35. The zero-order valence-corrected chi connectivity index (χ0v) is 9.85. The second kappa shape index (κ2) is 5.42. The zero-order chi connectivity index (χ0) is 10.5. The van der Waals surface area contributed by atoms with Gasteiger partial charge in [-0.05, 0) is 29.9 Å². The van der Waals surface area contributed by atoms with Crippen molar-refractivity contribution < 1.29 is 4.74 Å². The fourth-order valence-electron chi connectivity index (χ4n) is 1.55. The largest absolute Gasteiger partial charge is 0.497 e. The molecule has 1 heterocycles. The molecule has 3 heteroatoms. The molecule has 0 atom stereocenters. The molecule has 1 aromatic carbocycles. The molecule has 1 saturated heterocycles. The Kier molecular flexibility index (Phi) is 3.92. The maximum absolute atomic E-state index is 5.20. The van der Waals surface area contributed by atoms with Crippen LogP contribution < -0.4 is 10.1 Å². The van der Waals surface area contributed by atoms with Crippen LogP contribution in [-0.4, -0.2) is 31.2 Å². The molecule has 0 amide bonds. The van der Waals surface area contributed by atoms with E-state index in [1.54, 1.807) is 7.11 Å². The Hall–Kier alpha value is -0.670. The zero-order valence-electron chi connectivity index (χ0n) is 9.03. The lowest BCUT2D eigenvalue weighted by Gasteiger charge is -2.26. The van der Waals surface area contributed by atoms with Crippen molar-refractivity contribution in [1.82, 2.24) is 5.32 Å². The van der Waals surface area contributed by atoms with E-state index in [2.05, 4.69) is 35.3 Å². The number of methoxy groups -OCH3 is 1. The maximum atomic E-state index is 5.20. The van der Waals surface area contributed by atoms with E-state index in [4.69, 9.17) is 4.74 Å². The Morgan fingerprint density at radius 1 is 1.47 bits per heavy atom. The van der Waals surface area contributed by atoms with Crippen LogP contribution in [0.4, 0.5) is 0 Å². The van der Waals surface area contributed by atoms with E-state index in [1.807, 2.05) is 6.07 Å². The van der Waals surface area contributed by atoms with E-state index in [-0.39, 0.29) is 0 Å². The SMILES string of the molecule is COc1cccc(CCSC2CNC2)c1. The Morgan fingerprint density at radius 2 is 2.33 bits per heavy atom. The lowest BCUT2D eigenvalue weighted by atomic mass is 10.2. The molecular formula is C12H17NOS. The number of thioether (sulfide) groups is 1. The third-order valence-corrected chi connectivity index (χ3v) is 3.87. The summed E-state index contributed by atoms with van der Waals surface area (Å²) in [5, 5.41) is 4.13. The van der Waals surface area contributed by atoms with Crippen LogP contribution in [0.5, 0.6) is 5.75 Å². The van der Waals surface area contributed by atoms with Gasteiger partial charge in [-0.2, -0.15) is 11.8 Å². The molecule has 0 spiro atoms. The molecule has 0 saturated carbocycles. The highest BCUT2D eigenvalue weighted by Gasteiger charge is 2.16. The Bertz CT molecular complexity index is 312. The summed E-state index contributed by atoms with van der Waals surface area (Å²) in [5.74, 6) is 2.17. The Balaban J connectivity index is 1.76. The van der Waals surface area contributed by atoms with Crippen molar-refractivity contribution in [3.05, 3.63) is 29.8 Å². The molecule has 0 unspecified atom stereocenters. The van der Waals surface area contributed by atoms with Gasteiger partial charge in [0.15, 0.2) is 0 Å². The molecule has 1 N–H and O–H groups in total. The molecule has 0 radical (unpaired) electrons. The fourth-order valence-corrected chi connectivity index (χ4v) is 2.71. The number of benzene rings is 1. The molecule has 15 heavy (non-hydrogen) atoms. The molecule has 2 nitrogen and oxygen atoms in total. The van der Waals surface area contributed by atoms with E-state index in [0.717, 1.165) is 17.4 Å². The van der Waals surface area contributed by atoms with E-state index >= 15 is 0 Å². The van der Waals surface area contributed by atoms with Gasteiger partial charge in [0, 0.05) is 18.3 Å². The van der Waals surface area contributed by atoms with Gasteiger partial charge in [-0.25, -0.2) is 0 Å². The Labute approximate surface area is 95.4 Å². The summed E-state index contributed by atoms with van der Waals surface area (Å²) < 4.78 is 5.20. The minimum atomic E-state index is 0.843.